The molecule has 0 atom stereocenters. The number of nitrogens with zero attached hydrogens (tertiary/aromatic N) is 1. The molecule has 1 fully saturated rings. The average Bonchev–Trinajstić information content (AvgIpc) is 2.06. The minimum absolute atomic E-state index is 0.122. The second kappa shape index (κ2) is 4.26. The van der Waals surface area contributed by atoms with Gasteiger partial charge in [0.15, 0.2) is 0 Å². The molecule has 0 aliphatic carbocycles. The minimum Gasteiger partial charge on any atom is -0.393 e. The van der Waals surface area contributed by atoms with Crippen molar-refractivity contribution in [3.05, 3.63) is 12.7 Å². The van der Waals surface area contributed by atoms with E-state index in [-0.39, 0.29) is 12.0 Å². The first-order valence-corrected chi connectivity index (χ1v) is 4.30. The number of carbonyl (C=O) groups is 1. The van der Waals surface area contributed by atoms with E-state index in [2.05, 4.69) is 6.58 Å². The molecule has 0 aromatic heterocycles. The maximum atomic E-state index is 11.3. The molecule has 3 nitrogen and oxygen atoms in total. The summed E-state index contributed by atoms with van der Waals surface area (Å²) >= 11 is 0. The van der Waals surface area contributed by atoms with Gasteiger partial charge in [0, 0.05) is 19.5 Å². The summed E-state index contributed by atoms with van der Waals surface area (Å²) in [6.07, 6.45) is 3.24. The van der Waals surface area contributed by atoms with Crippen molar-refractivity contribution >= 4 is 5.91 Å². The highest BCUT2D eigenvalue weighted by atomic mass is 16.3. The summed E-state index contributed by atoms with van der Waals surface area (Å²) in [6.45, 7) is 4.89. The van der Waals surface area contributed by atoms with E-state index in [0.29, 0.717) is 32.4 Å². The van der Waals surface area contributed by atoms with Gasteiger partial charge in [0.2, 0.25) is 5.91 Å². The number of aliphatic hydroxyl groups is 1. The highest BCUT2D eigenvalue weighted by molar-refractivity contribution is 5.77. The molecule has 12 heavy (non-hydrogen) atoms. The van der Waals surface area contributed by atoms with Gasteiger partial charge in [0.1, 0.15) is 0 Å². The lowest BCUT2D eigenvalue weighted by Gasteiger charge is -2.29. The first kappa shape index (κ1) is 9.26. The molecule has 1 aliphatic rings. The highest BCUT2D eigenvalue weighted by Gasteiger charge is 2.19. The summed E-state index contributed by atoms with van der Waals surface area (Å²) in [6, 6.07) is 0. The van der Waals surface area contributed by atoms with E-state index in [1.807, 2.05) is 0 Å². The number of piperidine rings is 1. The summed E-state index contributed by atoms with van der Waals surface area (Å²) in [5.41, 5.74) is 0. The number of aliphatic hydroxyl groups excluding tert-OH is 1. The van der Waals surface area contributed by atoms with Gasteiger partial charge in [-0.1, -0.05) is 6.08 Å². The molecule has 0 unspecified atom stereocenters. The molecule has 1 amide bonds. The fourth-order valence-electron chi connectivity index (χ4n) is 1.37. The zero-order chi connectivity index (χ0) is 8.97. The number of likely N-dealkylation sites (tertiary alicyclic amines) is 1. The molecule has 0 saturated carbocycles. The molecule has 0 aromatic rings. The lowest BCUT2D eigenvalue weighted by molar-refractivity contribution is -0.132. The normalized spacial score (nSPS) is 19.2. The zero-order valence-electron chi connectivity index (χ0n) is 7.20. The van der Waals surface area contributed by atoms with Crippen LogP contribution in [0, 0.1) is 0 Å². The Kier molecular flexibility index (Phi) is 3.29. The maximum Gasteiger partial charge on any atom is 0.226 e. The van der Waals surface area contributed by atoms with Crippen molar-refractivity contribution in [3.63, 3.8) is 0 Å². The van der Waals surface area contributed by atoms with Crippen molar-refractivity contribution < 1.29 is 9.90 Å². The summed E-state index contributed by atoms with van der Waals surface area (Å²) in [5, 5.41) is 9.18. The van der Waals surface area contributed by atoms with Crippen LogP contribution in [0.25, 0.3) is 0 Å². The second-order valence-corrected chi connectivity index (χ2v) is 3.10. The topological polar surface area (TPSA) is 40.5 Å². The van der Waals surface area contributed by atoms with Crippen LogP contribution in [0.2, 0.25) is 0 Å². The van der Waals surface area contributed by atoms with Crippen LogP contribution >= 0.6 is 0 Å². The number of hydrogen-bond donors (Lipinski definition) is 1. The van der Waals surface area contributed by atoms with E-state index in [9.17, 15) is 9.90 Å². The van der Waals surface area contributed by atoms with Gasteiger partial charge in [-0.2, -0.15) is 0 Å². The van der Waals surface area contributed by atoms with E-state index in [1.165, 1.54) is 0 Å². The van der Waals surface area contributed by atoms with Gasteiger partial charge in [-0.25, -0.2) is 0 Å². The van der Waals surface area contributed by atoms with Crippen LogP contribution in [0.5, 0.6) is 0 Å². The number of amides is 1. The summed E-state index contributed by atoms with van der Waals surface area (Å²) in [7, 11) is 0. The lowest BCUT2D eigenvalue weighted by Crippen LogP contribution is -2.39. The van der Waals surface area contributed by atoms with Gasteiger partial charge in [-0.15, -0.1) is 6.58 Å². The maximum absolute atomic E-state index is 11.3. The molecule has 0 aromatic carbocycles. The third-order valence-electron chi connectivity index (χ3n) is 2.14. The van der Waals surface area contributed by atoms with Crippen LogP contribution in [0.1, 0.15) is 19.3 Å². The molecule has 1 rings (SSSR count). The SMILES string of the molecule is C=CCC(=O)N1CCC(O)CC1. The Bertz CT molecular complexity index is 171. The van der Waals surface area contributed by atoms with Crippen molar-refractivity contribution in [1.82, 2.24) is 4.90 Å². The molecule has 1 aliphatic heterocycles. The number of hydrogen-bond acceptors (Lipinski definition) is 2. The van der Waals surface area contributed by atoms with Gasteiger partial charge in [0.05, 0.1) is 6.10 Å². The smallest absolute Gasteiger partial charge is 0.226 e. The van der Waals surface area contributed by atoms with E-state index in [0.717, 1.165) is 0 Å². The van der Waals surface area contributed by atoms with Crippen LogP contribution in [0.4, 0.5) is 0 Å². The molecule has 0 spiro atoms. The third-order valence-corrected chi connectivity index (χ3v) is 2.14. The van der Waals surface area contributed by atoms with Crippen LogP contribution in [0.15, 0.2) is 12.7 Å². The van der Waals surface area contributed by atoms with E-state index in [1.54, 1.807) is 11.0 Å². The van der Waals surface area contributed by atoms with Gasteiger partial charge in [0.25, 0.3) is 0 Å². The first-order valence-electron chi connectivity index (χ1n) is 4.30. The van der Waals surface area contributed by atoms with E-state index >= 15 is 0 Å². The fourth-order valence-corrected chi connectivity index (χ4v) is 1.37. The van der Waals surface area contributed by atoms with Crippen molar-refractivity contribution in [2.75, 3.05) is 13.1 Å². The Morgan fingerprint density at radius 2 is 2.17 bits per heavy atom. The highest BCUT2D eigenvalue weighted by Crippen LogP contribution is 2.10. The first-order chi connectivity index (χ1) is 5.74. The lowest BCUT2D eigenvalue weighted by atomic mass is 10.1. The average molecular weight is 169 g/mol. The van der Waals surface area contributed by atoms with Gasteiger partial charge < -0.3 is 10.0 Å². The monoisotopic (exact) mass is 169 g/mol. The van der Waals surface area contributed by atoms with Crippen molar-refractivity contribution in [2.24, 2.45) is 0 Å². The molecular formula is C9H15NO2. The van der Waals surface area contributed by atoms with Crippen molar-refractivity contribution in [1.29, 1.82) is 0 Å². The number of rotatable bonds is 2. The molecule has 1 N–H and O–H groups in total. The third kappa shape index (κ3) is 2.34. The predicted octanol–water partition coefficient (Wildman–Crippen LogP) is 0.546. The largest absolute Gasteiger partial charge is 0.393 e. The summed E-state index contributed by atoms with van der Waals surface area (Å²) in [5.74, 6) is 0.122. The Morgan fingerprint density at radius 1 is 1.58 bits per heavy atom. The fraction of sp³-hybridized carbons (Fsp3) is 0.667. The zero-order valence-corrected chi connectivity index (χ0v) is 7.20. The Labute approximate surface area is 72.7 Å². The number of carbonyl (C=O) groups excluding carboxylic acids is 1. The van der Waals surface area contributed by atoms with Gasteiger partial charge in [-0.3, -0.25) is 4.79 Å². The van der Waals surface area contributed by atoms with Gasteiger partial charge in [-0.05, 0) is 12.8 Å². The predicted molar refractivity (Wildman–Crippen MR) is 46.6 cm³/mol. The Hall–Kier alpha value is -0.830. The molecule has 68 valence electrons. The van der Waals surface area contributed by atoms with Crippen molar-refractivity contribution in [2.45, 2.75) is 25.4 Å². The molecule has 1 heterocycles. The summed E-state index contributed by atoms with van der Waals surface area (Å²) < 4.78 is 0. The Balaban J connectivity index is 2.33. The van der Waals surface area contributed by atoms with Crippen LogP contribution in [0.3, 0.4) is 0 Å². The second-order valence-electron chi connectivity index (χ2n) is 3.10. The molecule has 3 heteroatoms. The quantitative estimate of drug-likeness (QED) is 0.613. The van der Waals surface area contributed by atoms with E-state index < -0.39 is 0 Å². The molecular weight excluding hydrogens is 154 g/mol. The van der Waals surface area contributed by atoms with Crippen LogP contribution in [-0.4, -0.2) is 35.1 Å². The van der Waals surface area contributed by atoms with Crippen LogP contribution in [-0.2, 0) is 4.79 Å². The van der Waals surface area contributed by atoms with Gasteiger partial charge >= 0.3 is 0 Å². The summed E-state index contributed by atoms with van der Waals surface area (Å²) in [4.78, 5) is 13.1. The van der Waals surface area contributed by atoms with E-state index in [4.69, 9.17) is 0 Å². The van der Waals surface area contributed by atoms with Crippen LogP contribution < -0.4 is 0 Å². The molecule has 0 bridgehead atoms. The van der Waals surface area contributed by atoms with Crippen molar-refractivity contribution in [3.8, 4) is 0 Å². The Morgan fingerprint density at radius 3 is 2.67 bits per heavy atom. The minimum atomic E-state index is -0.210. The molecule has 0 radical (unpaired) electrons. The molecule has 1 saturated heterocycles. The standard InChI is InChI=1S/C9H15NO2/c1-2-3-9(12)10-6-4-8(11)5-7-10/h2,8,11H,1,3-7H2.